The van der Waals surface area contributed by atoms with E-state index in [-0.39, 0.29) is 0 Å². The van der Waals surface area contributed by atoms with Gasteiger partial charge in [0.15, 0.2) is 0 Å². The van der Waals surface area contributed by atoms with Crippen molar-refractivity contribution in [3.63, 3.8) is 0 Å². The Morgan fingerprint density at radius 3 is 2.52 bits per heavy atom. The van der Waals surface area contributed by atoms with Crippen molar-refractivity contribution in [2.24, 2.45) is 5.92 Å². The zero-order chi connectivity index (χ0) is 14.1. The van der Waals surface area contributed by atoms with Gasteiger partial charge in [-0.15, -0.1) is 0 Å². The molecule has 4 nitrogen and oxygen atoms in total. The maximum atomic E-state index is 5.73. The van der Waals surface area contributed by atoms with E-state index in [4.69, 9.17) is 4.42 Å². The number of piperazine rings is 1. The van der Waals surface area contributed by atoms with Gasteiger partial charge >= 0.3 is 0 Å². The summed E-state index contributed by atoms with van der Waals surface area (Å²) >= 11 is 0. The van der Waals surface area contributed by atoms with E-state index in [0.717, 1.165) is 30.8 Å². The molecule has 0 unspecified atom stereocenters. The lowest BCUT2D eigenvalue weighted by Gasteiger charge is -2.34. The molecule has 1 N–H and O–H groups in total. The molecule has 4 rings (SSSR count). The average molecular weight is 289 g/mol. The Labute approximate surface area is 127 Å². The molecule has 0 amide bonds. The van der Waals surface area contributed by atoms with Crippen LogP contribution in [0.3, 0.4) is 0 Å². The van der Waals surface area contributed by atoms with Crippen molar-refractivity contribution in [1.82, 2.24) is 15.1 Å². The summed E-state index contributed by atoms with van der Waals surface area (Å²) in [4.78, 5) is 5.17. The summed E-state index contributed by atoms with van der Waals surface area (Å²) in [6, 6.07) is 2.99. The standard InChI is InChI=1S/C17H27N3O/c1-2-14(1)11-19-5-7-20(8-6-19)12-17-9-15(13-21-17)10-18-16-3-4-16/h9,13-14,16,18H,1-8,10-12H2. The van der Waals surface area contributed by atoms with Crippen molar-refractivity contribution in [1.29, 1.82) is 0 Å². The fourth-order valence-corrected chi connectivity index (χ4v) is 3.17. The first kappa shape index (κ1) is 13.8. The minimum Gasteiger partial charge on any atom is -0.468 e. The minimum atomic E-state index is 0.767. The van der Waals surface area contributed by atoms with Gasteiger partial charge in [0.1, 0.15) is 5.76 Å². The first-order valence-electron chi connectivity index (χ1n) is 8.59. The van der Waals surface area contributed by atoms with Crippen LogP contribution in [0, 0.1) is 5.92 Å². The van der Waals surface area contributed by atoms with Crippen LogP contribution in [0.15, 0.2) is 16.7 Å². The molecule has 21 heavy (non-hydrogen) atoms. The number of nitrogens with one attached hydrogen (secondary N) is 1. The molecular formula is C17H27N3O. The maximum Gasteiger partial charge on any atom is 0.118 e. The molecule has 3 fully saturated rings. The number of furan rings is 1. The van der Waals surface area contributed by atoms with E-state index in [1.54, 1.807) is 0 Å². The highest BCUT2D eigenvalue weighted by molar-refractivity contribution is 5.13. The highest BCUT2D eigenvalue weighted by Gasteiger charge is 2.26. The SMILES string of the molecule is c1oc(CN2CCN(CC3CC3)CC2)cc1CNC1CC1. The molecule has 2 aliphatic carbocycles. The molecule has 1 aliphatic heterocycles. The second kappa shape index (κ2) is 6.11. The summed E-state index contributed by atoms with van der Waals surface area (Å²) in [6.07, 6.45) is 7.54. The molecule has 1 saturated heterocycles. The monoisotopic (exact) mass is 289 g/mol. The van der Waals surface area contributed by atoms with E-state index < -0.39 is 0 Å². The van der Waals surface area contributed by atoms with Crippen LogP contribution >= 0.6 is 0 Å². The Morgan fingerprint density at radius 1 is 1.05 bits per heavy atom. The van der Waals surface area contributed by atoms with Gasteiger partial charge in [-0.05, 0) is 37.7 Å². The fourth-order valence-electron chi connectivity index (χ4n) is 3.17. The van der Waals surface area contributed by atoms with Crippen molar-refractivity contribution in [3.8, 4) is 0 Å². The smallest absolute Gasteiger partial charge is 0.118 e. The van der Waals surface area contributed by atoms with E-state index in [9.17, 15) is 0 Å². The lowest BCUT2D eigenvalue weighted by molar-refractivity contribution is 0.117. The Morgan fingerprint density at radius 2 is 1.81 bits per heavy atom. The van der Waals surface area contributed by atoms with Crippen LogP contribution in [-0.2, 0) is 13.1 Å². The summed E-state index contributed by atoms with van der Waals surface area (Å²) < 4.78 is 5.73. The Bertz CT molecular complexity index is 456. The molecule has 116 valence electrons. The van der Waals surface area contributed by atoms with Crippen molar-refractivity contribution < 1.29 is 4.42 Å². The third kappa shape index (κ3) is 4.09. The van der Waals surface area contributed by atoms with Gasteiger partial charge in [0.25, 0.3) is 0 Å². The van der Waals surface area contributed by atoms with Crippen LogP contribution in [0.1, 0.15) is 37.0 Å². The molecule has 2 heterocycles. The number of nitrogens with zero attached hydrogens (tertiary/aromatic N) is 2. The zero-order valence-electron chi connectivity index (χ0n) is 12.9. The molecule has 0 atom stereocenters. The molecule has 0 aromatic carbocycles. The zero-order valence-corrected chi connectivity index (χ0v) is 12.9. The molecule has 2 saturated carbocycles. The second-order valence-electron chi connectivity index (χ2n) is 7.10. The first-order valence-corrected chi connectivity index (χ1v) is 8.59. The van der Waals surface area contributed by atoms with E-state index in [1.807, 2.05) is 6.26 Å². The van der Waals surface area contributed by atoms with Gasteiger partial charge in [-0.25, -0.2) is 0 Å². The highest BCUT2D eigenvalue weighted by atomic mass is 16.3. The summed E-state index contributed by atoms with van der Waals surface area (Å²) in [6.45, 7) is 8.10. The third-order valence-electron chi connectivity index (χ3n) is 4.94. The Balaban J connectivity index is 1.20. The molecule has 3 aliphatic rings. The predicted molar refractivity (Wildman–Crippen MR) is 83.0 cm³/mol. The predicted octanol–water partition coefficient (Wildman–Crippen LogP) is 2.06. The molecule has 1 aromatic rings. The molecular weight excluding hydrogens is 262 g/mol. The van der Waals surface area contributed by atoms with Crippen molar-refractivity contribution in [2.75, 3.05) is 32.7 Å². The van der Waals surface area contributed by atoms with Gasteiger partial charge in [0, 0.05) is 50.9 Å². The maximum absolute atomic E-state index is 5.73. The summed E-state index contributed by atoms with van der Waals surface area (Å²) in [7, 11) is 0. The third-order valence-corrected chi connectivity index (χ3v) is 4.94. The van der Waals surface area contributed by atoms with Crippen LogP contribution in [0.2, 0.25) is 0 Å². The van der Waals surface area contributed by atoms with Gasteiger partial charge in [0.2, 0.25) is 0 Å². The van der Waals surface area contributed by atoms with Crippen LogP contribution in [-0.4, -0.2) is 48.6 Å². The molecule has 0 spiro atoms. The summed E-state index contributed by atoms with van der Waals surface area (Å²) in [5, 5.41) is 3.54. The number of rotatable bonds is 7. The van der Waals surface area contributed by atoms with Crippen molar-refractivity contribution in [2.45, 2.75) is 44.8 Å². The van der Waals surface area contributed by atoms with Crippen LogP contribution in [0.25, 0.3) is 0 Å². The quantitative estimate of drug-likeness (QED) is 0.832. The van der Waals surface area contributed by atoms with E-state index >= 15 is 0 Å². The molecule has 1 aromatic heterocycles. The second-order valence-corrected chi connectivity index (χ2v) is 7.10. The first-order chi connectivity index (χ1) is 10.3. The van der Waals surface area contributed by atoms with Crippen molar-refractivity contribution in [3.05, 3.63) is 23.7 Å². The lowest BCUT2D eigenvalue weighted by atomic mass is 10.2. The van der Waals surface area contributed by atoms with Crippen LogP contribution in [0.4, 0.5) is 0 Å². The normalized spacial score (nSPS) is 24.6. The fraction of sp³-hybridized carbons (Fsp3) is 0.765. The van der Waals surface area contributed by atoms with E-state index in [2.05, 4.69) is 21.2 Å². The average Bonchev–Trinajstić information content (AvgIpc) is 3.41. The number of hydrogen-bond acceptors (Lipinski definition) is 4. The van der Waals surface area contributed by atoms with Gasteiger partial charge < -0.3 is 14.6 Å². The summed E-state index contributed by atoms with van der Waals surface area (Å²) in [5.41, 5.74) is 1.30. The van der Waals surface area contributed by atoms with Gasteiger partial charge in [0.05, 0.1) is 12.8 Å². The molecule has 4 heteroatoms. The van der Waals surface area contributed by atoms with Gasteiger partial charge in [-0.2, -0.15) is 0 Å². The summed E-state index contributed by atoms with van der Waals surface area (Å²) in [5.74, 6) is 2.14. The Hall–Kier alpha value is -0.840. The molecule has 0 radical (unpaired) electrons. The van der Waals surface area contributed by atoms with Crippen LogP contribution < -0.4 is 5.32 Å². The number of hydrogen-bond donors (Lipinski definition) is 1. The van der Waals surface area contributed by atoms with Crippen LogP contribution in [0.5, 0.6) is 0 Å². The van der Waals surface area contributed by atoms with E-state index in [0.29, 0.717) is 0 Å². The Kier molecular flexibility index (Phi) is 4.01. The minimum absolute atomic E-state index is 0.767. The largest absolute Gasteiger partial charge is 0.468 e. The lowest BCUT2D eigenvalue weighted by Crippen LogP contribution is -2.46. The topological polar surface area (TPSA) is 31.7 Å². The highest BCUT2D eigenvalue weighted by Crippen LogP contribution is 2.30. The van der Waals surface area contributed by atoms with Gasteiger partial charge in [-0.1, -0.05) is 0 Å². The molecule has 0 bridgehead atoms. The van der Waals surface area contributed by atoms with E-state index in [1.165, 1.54) is 64.0 Å². The van der Waals surface area contributed by atoms with Crippen molar-refractivity contribution >= 4 is 0 Å². The van der Waals surface area contributed by atoms with Gasteiger partial charge in [-0.3, -0.25) is 4.90 Å².